The number of hydrogen-bond donors (Lipinski definition) is 1. The van der Waals surface area contributed by atoms with Crippen LogP contribution in [0.15, 0.2) is 41.2 Å². The van der Waals surface area contributed by atoms with E-state index in [1.807, 2.05) is 42.1 Å². The van der Waals surface area contributed by atoms with Crippen molar-refractivity contribution in [2.24, 2.45) is 7.05 Å². The average Bonchev–Trinajstić information content (AvgIpc) is 2.96. The highest BCUT2D eigenvalue weighted by atomic mass is 16.5. The van der Waals surface area contributed by atoms with Crippen LogP contribution >= 0.6 is 0 Å². The first-order chi connectivity index (χ1) is 8.66. The highest BCUT2D eigenvalue weighted by molar-refractivity contribution is 5.95. The molecule has 2 aromatic heterocycles. The van der Waals surface area contributed by atoms with Crippen LogP contribution in [-0.4, -0.2) is 20.8 Å². The standard InChI is InChI=1S/C13H10N2O3/c1-15-5-4-8-6-9(2-3-11(8)15)12-10(13(16)17)7-14-18-12/h2-7H,1H3,(H,16,17). The van der Waals surface area contributed by atoms with Crippen molar-refractivity contribution in [2.45, 2.75) is 0 Å². The molecule has 2 heterocycles. The molecule has 0 saturated heterocycles. The number of carbonyl (C=O) groups is 1. The summed E-state index contributed by atoms with van der Waals surface area (Å²) >= 11 is 0. The minimum atomic E-state index is -1.04. The number of nitrogens with zero attached hydrogens (tertiary/aromatic N) is 2. The van der Waals surface area contributed by atoms with Crippen molar-refractivity contribution in [1.29, 1.82) is 0 Å². The van der Waals surface area contributed by atoms with Crippen molar-refractivity contribution in [3.05, 3.63) is 42.2 Å². The average molecular weight is 242 g/mol. The third-order valence-electron chi connectivity index (χ3n) is 2.95. The van der Waals surface area contributed by atoms with Gasteiger partial charge in [0, 0.05) is 29.7 Å². The number of aryl methyl sites for hydroxylation is 1. The molecule has 5 nitrogen and oxygen atoms in total. The maximum Gasteiger partial charge on any atom is 0.341 e. The fourth-order valence-electron chi connectivity index (χ4n) is 2.02. The van der Waals surface area contributed by atoms with E-state index in [1.54, 1.807) is 0 Å². The van der Waals surface area contributed by atoms with Gasteiger partial charge in [-0.05, 0) is 24.3 Å². The zero-order chi connectivity index (χ0) is 12.7. The van der Waals surface area contributed by atoms with Crippen LogP contribution < -0.4 is 0 Å². The molecule has 0 aliphatic heterocycles. The van der Waals surface area contributed by atoms with E-state index in [4.69, 9.17) is 9.63 Å². The number of aromatic nitrogens is 2. The molecule has 0 fully saturated rings. The van der Waals surface area contributed by atoms with E-state index in [1.165, 1.54) is 6.20 Å². The summed E-state index contributed by atoms with van der Waals surface area (Å²) in [5, 5.41) is 13.6. The monoisotopic (exact) mass is 242 g/mol. The van der Waals surface area contributed by atoms with Gasteiger partial charge in [0.1, 0.15) is 5.56 Å². The van der Waals surface area contributed by atoms with Crippen molar-refractivity contribution in [2.75, 3.05) is 0 Å². The topological polar surface area (TPSA) is 68.3 Å². The minimum absolute atomic E-state index is 0.0743. The Labute approximate surface area is 102 Å². The first kappa shape index (κ1) is 10.6. The van der Waals surface area contributed by atoms with Crippen LogP contribution in [0.4, 0.5) is 0 Å². The van der Waals surface area contributed by atoms with Gasteiger partial charge in [-0.25, -0.2) is 4.79 Å². The number of benzene rings is 1. The summed E-state index contributed by atoms with van der Waals surface area (Å²) in [6, 6.07) is 7.62. The molecule has 1 aromatic carbocycles. The maximum atomic E-state index is 11.0. The fraction of sp³-hybridized carbons (Fsp3) is 0.0769. The lowest BCUT2D eigenvalue weighted by Gasteiger charge is -2.00. The van der Waals surface area contributed by atoms with Gasteiger partial charge in [0.15, 0.2) is 5.76 Å². The molecule has 0 aliphatic carbocycles. The predicted octanol–water partition coefficient (Wildman–Crippen LogP) is 2.53. The van der Waals surface area contributed by atoms with E-state index in [2.05, 4.69) is 5.16 Å². The molecule has 1 N–H and O–H groups in total. The lowest BCUT2D eigenvalue weighted by Crippen LogP contribution is -1.95. The van der Waals surface area contributed by atoms with Gasteiger partial charge in [0.2, 0.25) is 0 Å². The molecule has 0 radical (unpaired) electrons. The van der Waals surface area contributed by atoms with E-state index in [0.29, 0.717) is 5.56 Å². The van der Waals surface area contributed by atoms with Gasteiger partial charge >= 0.3 is 5.97 Å². The summed E-state index contributed by atoms with van der Waals surface area (Å²) in [5.41, 5.74) is 1.86. The van der Waals surface area contributed by atoms with Crippen molar-refractivity contribution in [3.8, 4) is 11.3 Å². The third kappa shape index (κ3) is 1.48. The molecular weight excluding hydrogens is 232 g/mol. The van der Waals surface area contributed by atoms with Gasteiger partial charge in [-0.1, -0.05) is 5.16 Å². The molecule has 90 valence electrons. The Bertz CT molecular complexity index is 740. The summed E-state index contributed by atoms with van der Waals surface area (Å²) in [7, 11) is 1.96. The third-order valence-corrected chi connectivity index (χ3v) is 2.95. The molecule has 18 heavy (non-hydrogen) atoms. The maximum absolute atomic E-state index is 11.0. The fourth-order valence-corrected chi connectivity index (χ4v) is 2.02. The van der Waals surface area contributed by atoms with E-state index >= 15 is 0 Å². The molecule has 0 atom stereocenters. The second kappa shape index (κ2) is 3.73. The molecule has 0 saturated carbocycles. The Kier molecular flexibility index (Phi) is 2.19. The molecule has 0 bridgehead atoms. The quantitative estimate of drug-likeness (QED) is 0.749. The number of fused-ring (bicyclic) bond motifs is 1. The summed E-state index contributed by atoms with van der Waals surface area (Å²) in [5.74, 6) is -0.757. The SMILES string of the molecule is Cn1ccc2cc(-c3oncc3C(=O)O)ccc21. The van der Waals surface area contributed by atoms with Gasteiger partial charge in [0.25, 0.3) is 0 Å². The van der Waals surface area contributed by atoms with Gasteiger partial charge in [0.05, 0.1) is 6.20 Å². The van der Waals surface area contributed by atoms with Gasteiger partial charge in [-0.2, -0.15) is 0 Å². The van der Waals surface area contributed by atoms with Gasteiger partial charge < -0.3 is 14.2 Å². The van der Waals surface area contributed by atoms with Crippen LogP contribution in [0.25, 0.3) is 22.2 Å². The Morgan fingerprint density at radius 1 is 1.39 bits per heavy atom. The molecule has 3 rings (SSSR count). The summed E-state index contributed by atoms with van der Waals surface area (Å²) in [6.45, 7) is 0. The molecule has 5 heteroatoms. The Hall–Kier alpha value is -2.56. The molecule has 0 unspecified atom stereocenters. The van der Waals surface area contributed by atoms with Crippen molar-refractivity contribution < 1.29 is 14.4 Å². The number of hydrogen-bond acceptors (Lipinski definition) is 3. The first-order valence-corrected chi connectivity index (χ1v) is 5.40. The van der Waals surface area contributed by atoms with E-state index in [9.17, 15) is 4.79 Å². The van der Waals surface area contributed by atoms with E-state index < -0.39 is 5.97 Å². The van der Waals surface area contributed by atoms with E-state index in [0.717, 1.165) is 10.9 Å². The van der Waals surface area contributed by atoms with Crippen LogP contribution in [0, 0.1) is 0 Å². The molecular formula is C13H10N2O3. The Morgan fingerprint density at radius 2 is 2.22 bits per heavy atom. The van der Waals surface area contributed by atoms with Crippen LogP contribution in [0.1, 0.15) is 10.4 Å². The lowest BCUT2D eigenvalue weighted by molar-refractivity contribution is 0.0697. The predicted molar refractivity (Wildman–Crippen MR) is 65.4 cm³/mol. The van der Waals surface area contributed by atoms with Crippen molar-refractivity contribution in [3.63, 3.8) is 0 Å². The summed E-state index contributed by atoms with van der Waals surface area (Å²) in [4.78, 5) is 11.0. The lowest BCUT2D eigenvalue weighted by atomic mass is 10.1. The second-order valence-corrected chi connectivity index (χ2v) is 4.07. The van der Waals surface area contributed by atoms with Crippen LogP contribution in [-0.2, 0) is 7.05 Å². The minimum Gasteiger partial charge on any atom is -0.477 e. The number of carboxylic acid groups (broad SMARTS) is 1. The highest BCUT2D eigenvalue weighted by Crippen LogP contribution is 2.27. The normalized spacial score (nSPS) is 10.9. The zero-order valence-corrected chi connectivity index (χ0v) is 9.62. The van der Waals surface area contributed by atoms with Crippen molar-refractivity contribution >= 4 is 16.9 Å². The molecule has 0 aliphatic rings. The largest absolute Gasteiger partial charge is 0.477 e. The number of rotatable bonds is 2. The molecule has 0 amide bonds. The first-order valence-electron chi connectivity index (χ1n) is 5.40. The van der Waals surface area contributed by atoms with Crippen LogP contribution in [0.2, 0.25) is 0 Å². The Balaban J connectivity index is 2.19. The number of carboxylic acids is 1. The van der Waals surface area contributed by atoms with Crippen molar-refractivity contribution in [1.82, 2.24) is 9.72 Å². The Morgan fingerprint density at radius 3 is 3.00 bits per heavy atom. The number of aromatic carboxylic acids is 1. The smallest absolute Gasteiger partial charge is 0.341 e. The summed E-state index contributed by atoms with van der Waals surface area (Å²) in [6.07, 6.45) is 3.17. The zero-order valence-electron chi connectivity index (χ0n) is 9.62. The molecule has 3 aromatic rings. The molecule has 0 spiro atoms. The van der Waals surface area contributed by atoms with Gasteiger partial charge in [-0.15, -0.1) is 0 Å². The van der Waals surface area contributed by atoms with E-state index in [-0.39, 0.29) is 11.3 Å². The highest BCUT2D eigenvalue weighted by Gasteiger charge is 2.17. The second-order valence-electron chi connectivity index (χ2n) is 4.07. The summed E-state index contributed by atoms with van der Waals surface area (Å²) < 4.78 is 7.03. The van der Waals surface area contributed by atoms with Gasteiger partial charge in [-0.3, -0.25) is 0 Å². The van der Waals surface area contributed by atoms with Crippen LogP contribution in [0.3, 0.4) is 0 Å². The van der Waals surface area contributed by atoms with Crippen LogP contribution in [0.5, 0.6) is 0 Å².